The maximum absolute atomic E-state index is 11.8. The molecule has 5 nitrogen and oxygen atoms in total. The van der Waals surface area contributed by atoms with E-state index in [0.29, 0.717) is 18.1 Å². The number of carbonyl (C=O) groups excluding carboxylic acids is 1. The average Bonchev–Trinajstić information content (AvgIpc) is 2.56. The van der Waals surface area contributed by atoms with Crippen molar-refractivity contribution in [3.63, 3.8) is 0 Å². The van der Waals surface area contributed by atoms with Crippen LogP contribution >= 0.6 is 11.6 Å². The molecule has 1 heterocycles. The Morgan fingerprint density at radius 3 is 2.96 bits per heavy atom. The minimum absolute atomic E-state index is 0.148. The van der Waals surface area contributed by atoms with Crippen LogP contribution in [0, 0.1) is 6.92 Å². The number of nitrogens with one attached hydrogen (secondary N) is 3. The van der Waals surface area contributed by atoms with E-state index in [1.807, 2.05) is 38.2 Å². The van der Waals surface area contributed by atoms with Crippen LogP contribution in [0.15, 0.2) is 35.3 Å². The Morgan fingerprint density at radius 1 is 1.39 bits per heavy atom. The van der Waals surface area contributed by atoms with Crippen LogP contribution in [0.2, 0.25) is 5.02 Å². The molecule has 1 aromatic carbocycles. The molecule has 0 aliphatic carbocycles. The number of halogens is 1. The van der Waals surface area contributed by atoms with Gasteiger partial charge in [-0.2, -0.15) is 0 Å². The van der Waals surface area contributed by atoms with Gasteiger partial charge in [0.25, 0.3) is 0 Å². The van der Waals surface area contributed by atoms with Gasteiger partial charge in [-0.1, -0.05) is 29.8 Å². The number of carbonyl (C=O) groups is 1. The van der Waals surface area contributed by atoms with E-state index in [1.54, 1.807) is 0 Å². The third-order valence-electron chi connectivity index (χ3n) is 3.68. The normalized spacial score (nSPS) is 16.8. The summed E-state index contributed by atoms with van der Waals surface area (Å²) in [6, 6.07) is 5.59. The van der Waals surface area contributed by atoms with E-state index in [0.717, 1.165) is 29.7 Å². The largest absolute Gasteiger partial charge is 0.338 e. The van der Waals surface area contributed by atoms with Gasteiger partial charge >= 0.3 is 6.03 Å². The highest BCUT2D eigenvalue weighted by Gasteiger charge is 2.08. The van der Waals surface area contributed by atoms with Crippen LogP contribution in [0.4, 0.5) is 4.79 Å². The van der Waals surface area contributed by atoms with Crippen LogP contribution in [0.3, 0.4) is 0 Å². The standard InChI is InChI=1S/C17H23ClN4O/c1-12-6-7-13(10-15(12)18)11-21-17(23)20-9-8-14-4-3-5-16(19-2)22-14/h3-4,6-7,10,16,19H,5,8-9,11H2,1-2H3,(H2,20,21,23). The highest BCUT2D eigenvalue weighted by Crippen LogP contribution is 2.16. The zero-order chi connectivity index (χ0) is 16.7. The number of aliphatic imine (C=N–C) groups is 1. The Bertz CT molecular complexity index is 613. The van der Waals surface area contributed by atoms with Crippen molar-refractivity contribution in [1.82, 2.24) is 16.0 Å². The molecule has 1 atom stereocenters. The summed E-state index contributed by atoms with van der Waals surface area (Å²) in [5, 5.41) is 9.51. The summed E-state index contributed by atoms with van der Waals surface area (Å²) in [4.78, 5) is 16.3. The Balaban J connectivity index is 1.70. The fourth-order valence-electron chi connectivity index (χ4n) is 2.25. The highest BCUT2D eigenvalue weighted by atomic mass is 35.5. The quantitative estimate of drug-likeness (QED) is 0.749. The second-order valence-electron chi connectivity index (χ2n) is 5.51. The molecule has 1 unspecified atom stereocenters. The molecule has 0 aromatic heterocycles. The molecular formula is C17H23ClN4O. The molecule has 0 radical (unpaired) electrons. The molecule has 2 amide bonds. The molecule has 1 aliphatic rings. The van der Waals surface area contributed by atoms with Gasteiger partial charge in [-0.15, -0.1) is 0 Å². The molecule has 1 aromatic rings. The minimum Gasteiger partial charge on any atom is -0.338 e. The van der Waals surface area contributed by atoms with Crippen molar-refractivity contribution in [2.24, 2.45) is 4.99 Å². The summed E-state index contributed by atoms with van der Waals surface area (Å²) in [6.07, 6.45) is 5.90. The van der Waals surface area contributed by atoms with Crippen molar-refractivity contribution in [3.05, 3.63) is 46.5 Å². The second-order valence-corrected chi connectivity index (χ2v) is 5.91. The summed E-state index contributed by atoms with van der Waals surface area (Å²) >= 11 is 6.07. The maximum atomic E-state index is 11.8. The smallest absolute Gasteiger partial charge is 0.315 e. The zero-order valence-electron chi connectivity index (χ0n) is 13.5. The van der Waals surface area contributed by atoms with Crippen LogP contribution in [-0.4, -0.2) is 31.5 Å². The van der Waals surface area contributed by atoms with Crippen molar-refractivity contribution < 1.29 is 4.79 Å². The molecule has 2 rings (SSSR count). The number of allylic oxidation sites excluding steroid dienone is 1. The molecule has 3 N–H and O–H groups in total. The number of nitrogens with zero attached hydrogens (tertiary/aromatic N) is 1. The lowest BCUT2D eigenvalue weighted by molar-refractivity contribution is 0.241. The van der Waals surface area contributed by atoms with Crippen LogP contribution in [-0.2, 0) is 6.54 Å². The Hall–Kier alpha value is -1.85. The SMILES string of the molecule is CNC1CC=CC(CCNC(=O)NCc2ccc(C)c(Cl)c2)=N1. The average molecular weight is 335 g/mol. The van der Waals surface area contributed by atoms with Crippen LogP contribution in [0.1, 0.15) is 24.0 Å². The van der Waals surface area contributed by atoms with Gasteiger partial charge in [0, 0.05) is 36.7 Å². The van der Waals surface area contributed by atoms with E-state index in [4.69, 9.17) is 11.6 Å². The second kappa shape index (κ2) is 8.70. The first kappa shape index (κ1) is 17.5. The minimum atomic E-state index is -0.188. The van der Waals surface area contributed by atoms with Gasteiger partial charge in [-0.05, 0) is 37.2 Å². The summed E-state index contributed by atoms with van der Waals surface area (Å²) in [6.45, 7) is 2.96. The fraction of sp³-hybridized carbons (Fsp3) is 0.412. The summed E-state index contributed by atoms with van der Waals surface area (Å²) < 4.78 is 0. The van der Waals surface area contributed by atoms with Crippen molar-refractivity contribution in [2.45, 2.75) is 32.5 Å². The molecule has 0 saturated heterocycles. The number of urea groups is 1. The summed E-state index contributed by atoms with van der Waals surface area (Å²) in [5.74, 6) is 0. The van der Waals surface area contributed by atoms with Gasteiger partial charge in [0.2, 0.25) is 0 Å². The Kier molecular flexibility index (Phi) is 6.62. The number of aryl methyl sites for hydroxylation is 1. The third kappa shape index (κ3) is 5.69. The first-order valence-corrected chi connectivity index (χ1v) is 8.13. The molecular weight excluding hydrogens is 312 g/mol. The monoisotopic (exact) mass is 334 g/mol. The highest BCUT2D eigenvalue weighted by molar-refractivity contribution is 6.31. The van der Waals surface area contributed by atoms with Crippen molar-refractivity contribution in [1.29, 1.82) is 0 Å². The van der Waals surface area contributed by atoms with Crippen LogP contribution in [0.5, 0.6) is 0 Å². The van der Waals surface area contributed by atoms with Gasteiger partial charge in [0.05, 0.1) is 0 Å². The number of rotatable bonds is 6. The predicted octanol–water partition coefficient (Wildman–Crippen LogP) is 2.78. The van der Waals surface area contributed by atoms with E-state index in [9.17, 15) is 4.79 Å². The first-order valence-electron chi connectivity index (χ1n) is 7.75. The molecule has 0 saturated carbocycles. The Morgan fingerprint density at radius 2 is 2.22 bits per heavy atom. The van der Waals surface area contributed by atoms with E-state index in [1.165, 1.54) is 0 Å². The number of benzene rings is 1. The summed E-state index contributed by atoms with van der Waals surface area (Å²) in [7, 11) is 1.90. The topological polar surface area (TPSA) is 65.5 Å². The Labute approximate surface area is 142 Å². The first-order chi connectivity index (χ1) is 11.1. The third-order valence-corrected chi connectivity index (χ3v) is 4.09. The van der Waals surface area contributed by atoms with E-state index in [2.05, 4.69) is 27.0 Å². The molecule has 124 valence electrons. The fourth-order valence-corrected chi connectivity index (χ4v) is 2.46. The van der Waals surface area contributed by atoms with Crippen molar-refractivity contribution in [2.75, 3.05) is 13.6 Å². The summed E-state index contributed by atoms with van der Waals surface area (Å²) in [5.41, 5.74) is 3.01. The molecule has 0 bridgehead atoms. The number of hydrogen-bond acceptors (Lipinski definition) is 3. The number of amides is 2. The maximum Gasteiger partial charge on any atom is 0.315 e. The molecule has 23 heavy (non-hydrogen) atoms. The molecule has 1 aliphatic heterocycles. The van der Waals surface area contributed by atoms with Gasteiger partial charge < -0.3 is 10.6 Å². The van der Waals surface area contributed by atoms with Crippen LogP contribution in [0.25, 0.3) is 0 Å². The van der Waals surface area contributed by atoms with Crippen molar-refractivity contribution >= 4 is 23.3 Å². The van der Waals surface area contributed by atoms with E-state index >= 15 is 0 Å². The number of dihydropyridines is 1. The molecule has 0 spiro atoms. The predicted molar refractivity (Wildman–Crippen MR) is 95.1 cm³/mol. The van der Waals surface area contributed by atoms with Gasteiger partial charge in [-0.3, -0.25) is 10.3 Å². The molecule has 0 fully saturated rings. The van der Waals surface area contributed by atoms with Gasteiger partial charge in [-0.25, -0.2) is 4.79 Å². The lowest BCUT2D eigenvalue weighted by atomic mass is 10.1. The van der Waals surface area contributed by atoms with Gasteiger partial charge in [0.15, 0.2) is 0 Å². The van der Waals surface area contributed by atoms with E-state index in [-0.39, 0.29) is 12.2 Å². The van der Waals surface area contributed by atoms with E-state index < -0.39 is 0 Å². The number of hydrogen-bond donors (Lipinski definition) is 3. The van der Waals surface area contributed by atoms with Gasteiger partial charge in [0.1, 0.15) is 6.17 Å². The van der Waals surface area contributed by atoms with Crippen LogP contribution < -0.4 is 16.0 Å². The lowest BCUT2D eigenvalue weighted by Crippen LogP contribution is -2.36. The molecule has 6 heteroatoms. The lowest BCUT2D eigenvalue weighted by Gasteiger charge is -2.15. The zero-order valence-corrected chi connectivity index (χ0v) is 14.3. The van der Waals surface area contributed by atoms with Crippen molar-refractivity contribution in [3.8, 4) is 0 Å².